The van der Waals surface area contributed by atoms with E-state index in [1.807, 2.05) is 17.0 Å². The number of nitrogens with zero attached hydrogens (tertiary/aromatic N) is 3. The molecule has 0 aromatic carbocycles. The van der Waals surface area contributed by atoms with Gasteiger partial charge in [0.15, 0.2) is 0 Å². The van der Waals surface area contributed by atoms with E-state index in [9.17, 15) is 4.79 Å². The maximum atomic E-state index is 11.7. The van der Waals surface area contributed by atoms with Crippen molar-refractivity contribution in [1.29, 1.82) is 0 Å². The van der Waals surface area contributed by atoms with Crippen LogP contribution in [0.15, 0.2) is 18.3 Å². The molecule has 1 aromatic rings. The topological polar surface area (TPSA) is 58.1 Å². The minimum atomic E-state index is 0.00496. The molecular weight excluding hydrogens is 204 g/mol. The van der Waals surface area contributed by atoms with E-state index in [0.717, 1.165) is 31.6 Å². The molecule has 86 valence electrons. The molecule has 0 saturated carbocycles. The molecule has 2 heterocycles. The molecule has 16 heavy (non-hydrogen) atoms. The second-order valence-electron chi connectivity index (χ2n) is 3.92. The average molecular weight is 220 g/mol. The minimum Gasteiger partial charge on any atom is -0.332 e. The lowest BCUT2D eigenvalue weighted by molar-refractivity contribution is 0.186. The first kappa shape index (κ1) is 10.9. The van der Waals surface area contributed by atoms with Crippen molar-refractivity contribution in [2.45, 2.75) is 25.8 Å². The first-order chi connectivity index (χ1) is 7.86. The predicted molar refractivity (Wildman–Crippen MR) is 59.7 cm³/mol. The predicted octanol–water partition coefficient (Wildman–Crippen LogP) is 1.17. The van der Waals surface area contributed by atoms with Gasteiger partial charge in [0, 0.05) is 19.3 Å². The third-order valence-corrected chi connectivity index (χ3v) is 2.69. The molecule has 1 fully saturated rings. The molecule has 0 aliphatic carbocycles. The zero-order chi connectivity index (χ0) is 11.2. The van der Waals surface area contributed by atoms with Crippen LogP contribution in [0.1, 0.15) is 25.0 Å². The Morgan fingerprint density at radius 1 is 1.38 bits per heavy atom. The Bertz CT molecular complexity index is 335. The fraction of sp³-hybridized carbons (Fsp3) is 0.545. The van der Waals surface area contributed by atoms with Crippen molar-refractivity contribution in [2.75, 3.05) is 13.1 Å². The summed E-state index contributed by atoms with van der Waals surface area (Å²) < 4.78 is 0. The molecule has 1 saturated heterocycles. The van der Waals surface area contributed by atoms with Gasteiger partial charge < -0.3 is 10.2 Å². The number of urea groups is 1. The number of aromatic nitrogens is 2. The fourth-order valence-electron chi connectivity index (χ4n) is 1.80. The molecule has 0 unspecified atom stereocenters. The zero-order valence-corrected chi connectivity index (χ0v) is 9.22. The third-order valence-electron chi connectivity index (χ3n) is 2.69. The average Bonchev–Trinajstić information content (AvgIpc) is 2.38. The second-order valence-corrected chi connectivity index (χ2v) is 3.92. The van der Waals surface area contributed by atoms with Crippen LogP contribution >= 0.6 is 0 Å². The number of nitrogens with one attached hydrogen (secondary N) is 1. The van der Waals surface area contributed by atoms with Gasteiger partial charge in [-0.15, -0.1) is 0 Å². The first-order valence-electron chi connectivity index (χ1n) is 5.65. The monoisotopic (exact) mass is 220 g/mol. The van der Waals surface area contributed by atoms with Crippen LogP contribution in [0.25, 0.3) is 0 Å². The Morgan fingerprint density at radius 2 is 2.19 bits per heavy atom. The van der Waals surface area contributed by atoms with Crippen molar-refractivity contribution in [2.24, 2.45) is 0 Å². The highest BCUT2D eigenvalue weighted by Crippen LogP contribution is 2.08. The first-order valence-corrected chi connectivity index (χ1v) is 5.65. The molecule has 2 rings (SSSR count). The molecule has 5 nitrogen and oxygen atoms in total. The number of carbonyl (C=O) groups is 1. The molecule has 1 aromatic heterocycles. The molecule has 1 N–H and O–H groups in total. The van der Waals surface area contributed by atoms with Gasteiger partial charge in [-0.05, 0) is 31.4 Å². The van der Waals surface area contributed by atoms with Gasteiger partial charge in [-0.2, -0.15) is 10.2 Å². The molecule has 0 atom stereocenters. The molecule has 2 amide bonds. The van der Waals surface area contributed by atoms with Crippen LogP contribution in [0.5, 0.6) is 0 Å². The summed E-state index contributed by atoms with van der Waals surface area (Å²) in [5, 5.41) is 10.5. The summed E-state index contributed by atoms with van der Waals surface area (Å²) in [4.78, 5) is 13.6. The van der Waals surface area contributed by atoms with Gasteiger partial charge >= 0.3 is 6.03 Å². The van der Waals surface area contributed by atoms with Gasteiger partial charge in [-0.1, -0.05) is 0 Å². The maximum Gasteiger partial charge on any atom is 0.317 e. The van der Waals surface area contributed by atoms with Gasteiger partial charge in [0.2, 0.25) is 0 Å². The third kappa shape index (κ3) is 2.92. The van der Waals surface area contributed by atoms with Crippen LogP contribution in [-0.4, -0.2) is 34.2 Å². The summed E-state index contributed by atoms with van der Waals surface area (Å²) in [6.45, 7) is 2.18. The number of amides is 2. The second kappa shape index (κ2) is 5.44. The van der Waals surface area contributed by atoms with Crippen molar-refractivity contribution in [1.82, 2.24) is 20.4 Å². The van der Waals surface area contributed by atoms with E-state index in [1.54, 1.807) is 6.20 Å². The van der Waals surface area contributed by atoms with E-state index in [2.05, 4.69) is 15.5 Å². The van der Waals surface area contributed by atoms with Crippen molar-refractivity contribution in [3.63, 3.8) is 0 Å². The highest BCUT2D eigenvalue weighted by atomic mass is 16.2. The fourth-order valence-corrected chi connectivity index (χ4v) is 1.80. The number of rotatable bonds is 2. The minimum absolute atomic E-state index is 0.00496. The Morgan fingerprint density at radius 3 is 2.88 bits per heavy atom. The lowest BCUT2D eigenvalue weighted by Gasteiger charge is -2.26. The number of hydrogen-bond donors (Lipinski definition) is 1. The van der Waals surface area contributed by atoms with E-state index < -0.39 is 0 Å². The van der Waals surface area contributed by atoms with Gasteiger partial charge in [0.1, 0.15) is 0 Å². The summed E-state index contributed by atoms with van der Waals surface area (Å²) in [7, 11) is 0. The van der Waals surface area contributed by atoms with Gasteiger partial charge in [-0.25, -0.2) is 4.79 Å². The molecule has 1 aliphatic rings. The summed E-state index contributed by atoms with van der Waals surface area (Å²) in [6.07, 6.45) is 5.07. The summed E-state index contributed by atoms with van der Waals surface area (Å²) in [5.41, 5.74) is 0.785. The van der Waals surface area contributed by atoms with Crippen LogP contribution in [0, 0.1) is 0 Å². The Kier molecular flexibility index (Phi) is 3.69. The van der Waals surface area contributed by atoms with E-state index >= 15 is 0 Å². The highest BCUT2D eigenvalue weighted by molar-refractivity contribution is 5.74. The lowest BCUT2D eigenvalue weighted by atomic mass is 10.1. The normalized spacial score (nSPS) is 15.9. The van der Waals surface area contributed by atoms with Crippen LogP contribution in [0.2, 0.25) is 0 Å². The van der Waals surface area contributed by atoms with Gasteiger partial charge in [0.05, 0.1) is 12.2 Å². The summed E-state index contributed by atoms with van der Waals surface area (Å²) in [5.74, 6) is 0. The molecule has 1 aliphatic heterocycles. The smallest absolute Gasteiger partial charge is 0.317 e. The van der Waals surface area contributed by atoms with Crippen molar-refractivity contribution in [3.05, 3.63) is 24.0 Å². The standard InChI is InChI=1S/C11H16N4O/c16-11(15-7-2-1-3-8-15)12-9-10-5-4-6-13-14-10/h4-6H,1-3,7-9H2,(H,12,16). The van der Waals surface area contributed by atoms with Gasteiger partial charge in [0.25, 0.3) is 0 Å². The van der Waals surface area contributed by atoms with E-state index in [0.29, 0.717) is 6.54 Å². The molecule has 0 radical (unpaired) electrons. The Labute approximate surface area is 94.9 Å². The number of carbonyl (C=O) groups excluding carboxylic acids is 1. The molecule has 0 bridgehead atoms. The number of hydrogen-bond acceptors (Lipinski definition) is 3. The summed E-state index contributed by atoms with van der Waals surface area (Å²) in [6, 6.07) is 3.67. The zero-order valence-electron chi connectivity index (χ0n) is 9.22. The largest absolute Gasteiger partial charge is 0.332 e. The van der Waals surface area contributed by atoms with Crippen molar-refractivity contribution >= 4 is 6.03 Å². The Balaban J connectivity index is 1.79. The SMILES string of the molecule is O=C(NCc1cccnn1)N1CCCCC1. The molecule has 5 heteroatoms. The van der Waals surface area contributed by atoms with E-state index in [-0.39, 0.29) is 6.03 Å². The number of likely N-dealkylation sites (tertiary alicyclic amines) is 1. The van der Waals surface area contributed by atoms with Crippen LogP contribution in [0.3, 0.4) is 0 Å². The van der Waals surface area contributed by atoms with Gasteiger partial charge in [-0.3, -0.25) is 0 Å². The van der Waals surface area contributed by atoms with Crippen LogP contribution in [0.4, 0.5) is 4.79 Å². The maximum absolute atomic E-state index is 11.7. The number of piperidine rings is 1. The Hall–Kier alpha value is -1.65. The van der Waals surface area contributed by atoms with Crippen LogP contribution in [-0.2, 0) is 6.54 Å². The molecule has 0 spiro atoms. The van der Waals surface area contributed by atoms with E-state index in [4.69, 9.17) is 0 Å². The summed E-state index contributed by atoms with van der Waals surface area (Å²) >= 11 is 0. The van der Waals surface area contributed by atoms with E-state index in [1.165, 1.54) is 6.42 Å². The van der Waals surface area contributed by atoms with Crippen molar-refractivity contribution in [3.8, 4) is 0 Å². The molecular formula is C11H16N4O. The highest BCUT2D eigenvalue weighted by Gasteiger charge is 2.15. The quantitative estimate of drug-likeness (QED) is 0.814. The lowest BCUT2D eigenvalue weighted by Crippen LogP contribution is -2.42. The van der Waals surface area contributed by atoms with Crippen molar-refractivity contribution < 1.29 is 4.79 Å². The van der Waals surface area contributed by atoms with Crippen LogP contribution < -0.4 is 5.32 Å².